The van der Waals surface area contributed by atoms with Gasteiger partial charge in [-0.1, -0.05) is 23.9 Å². The van der Waals surface area contributed by atoms with Gasteiger partial charge < -0.3 is 10.6 Å². The standard InChI is InChI=1S/C19H23F2N3O3S2/c1-13(2)24(3)29(26,27)15-10-8-14(9-11-15)22-12-18(25)23-16-6-4-5-7-17(16)28-19(20)21/h4-11,13,19,22H,12H2,1-3H3,(H,23,25). The molecule has 0 atom stereocenters. The number of thioether (sulfide) groups is 1. The number of anilines is 2. The van der Waals surface area contributed by atoms with E-state index in [1.807, 2.05) is 0 Å². The van der Waals surface area contributed by atoms with Crippen molar-refractivity contribution in [1.82, 2.24) is 4.31 Å². The van der Waals surface area contributed by atoms with Gasteiger partial charge in [-0.2, -0.15) is 13.1 Å². The van der Waals surface area contributed by atoms with E-state index >= 15 is 0 Å². The van der Waals surface area contributed by atoms with Crippen LogP contribution in [0.15, 0.2) is 58.3 Å². The minimum absolute atomic E-state index is 0.105. The second-order valence-electron chi connectivity index (χ2n) is 6.42. The van der Waals surface area contributed by atoms with Gasteiger partial charge in [0.25, 0.3) is 5.76 Å². The van der Waals surface area contributed by atoms with E-state index in [9.17, 15) is 22.0 Å². The Morgan fingerprint density at radius 3 is 2.31 bits per heavy atom. The number of carbonyl (C=O) groups is 1. The van der Waals surface area contributed by atoms with Crippen molar-refractivity contribution in [2.75, 3.05) is 24.2 Å². The van der Waals surface area contributed by atoms with Crippen LogP contribution in [0.25, 0.3) is 0 Å². The Morgan fingerprint density at radius 2 is 1.72 bits per heavy atom. The van der Waals surface area contributed by atoms with E-state index in [1.165, 1.54) is 29.6 Å². The maximum atomic E-state index is 12.6. The molecule has 0 heterocycles. The first-order valence-corrected chi connectivity index (χ1v) is 11.1. The molecule has 0 unspecified atom stereocenters. The Labute approximate surface area is 173 Å². The van der Waals surface area contributed by atoms with Crippen LogP contribution >= 0.6 is 11.8 Å². The van der Waals surface area contributed by atoms with Crippen molar-refractivity contribution in [2.24, 2.45) is 0 Å². The van der Waals surface area contributed by atoms with E-state index in [0.717, 1.165) is 0 Å². The predicted molar refractivity (Wildman–Crippen MR) is 112 cm³/mol. The van der Waals surface area contributed by atoms with Gasteiger partial charge in [-0.15, -0.1) is 0 Å². The van der Waals surface area contributed by atoms with Crippen molar-refractivity contribution in [3.63, 3.8) is 0 Å². The van der Waals surface area contributed by atoms with Crippen LogP contribution in [0.5, 0.6) is 0 Å². The van der Waals surface area contributed by atoms with Gasteiger partial charge in [0.15, 0.2) is 0 Å². The van der Waals surface area contributed by atoms with Crippen LogP contribution < -0.4 is 10.6 Å². The molecule has 0 radical (unpaired) electrons. The van der Waals surface area contributed by atoms with E-state index in [4.69, 9.17) is 0 Å². The second kappa shape index (κ2) is 10.0. The maximum absolute atomic E-state index is 12.6. The van der Waals surface area contributed by atoms with Gasteiger partial charge in [-0.3, -0.25) is 4.79 Å². The van der Waals surface area contributed by atoms with Crippen LogP contribution in [0.1, 0.15) is 13.8 Å². The molecule has 2 aromatic rings. The zero-order valence-corrected chi connectivity index (χ0v) is 17.9. The minimum atomic E-state index is -3.58. The SMILES string of the molecule is CC(C)N(C)S(=O)(=O)c1ccc(NCC(=O)Nc2ccccc2SC(F)F)cc1. The van der Waals surface area contributed by atoms with Crippen LogP contribution in [-0.4, -0.2) is 44.0 Å². The molecule has 0 aliphatic rings. The van der Waals surface area contributed by atoms with Gasteiger partial charge in [0.05, 0.1) is 17.1 Å². The molecule has 2 N–H and O–H groups in total. The zero-order chi connectivity index (χ0) is 21.6. The lowest BCUT2D eigenvalue weighted by Crippen LogP contribution is -2.33. The van der Waals surface area contributed by atoms with E-state index in [1.54, 1.807) is 44.2 Å². The van der Waals surface area contributed by atoms with E-state index in [2.05, 4.69) is 10.6 Å². The fourth-order valence-electron chi connectivity index (χ4n) is 2.33. The Kier molecular flexibility index (Phi) is 8.00. The third-order valence-corrected chi connectivity index (χ3v) is 6.92. The Bertz CT molecular complexity index is 936. The highest BCUT2D eigenvalue weighted by atomic mass is 32.2. The quantitative estimate of drug-likeness (QED) is 0.571. The fraction of sp³-hybridized carbons (Fsp3) is 0.316. The number of alkyl halides is 2. The molecular weight excluding hydrogens is 420 g/mol. The first-order chi connectivity index (χ1) is 13.6. The Morgan fingerprint density at radius 1 is 1.10 bits per heavy atom. The molecule has 0 spiro atoms. The van der Waals surface area contributed by atoms with Crippen LogP contribution in [0.3, 0.4) is 0 Å². The van der Waals surface area contributed by atoms with Gasteiger partial charge in [-0.25, -0.2) is 8.42 Å². The largest absolute Gasteiger partial charge is 0.376 e. The third kappa shape index (κ3) is 6.41. The highest BCUT2D eigenvalue weighted by Gasteiger charge is 2.22. The van der Waals surface area contributed by atoms with Gasteiger partial charge in [0.1, 0.15) is 0 Å². The Hall–Kier alpha value is -2.17. The van der Waals surface area contributed by atoms with Gasteiger partial charge in [-0.05, 0) is 50.2 Å². The molecule has 0 aromatic heterocycles. The molecule has 0 fully saturated rings. The first-order valence-electron chi connectivity index (χ1n) is 8.77. The van der Waals surface area contributed by atoms with Crippen molar-refractivity contribution in [2.45, 2.75) is 35.4 Å². The number of carbonyl (C=O) groups excluding carboxylic acids is 1. The normalized spacial score (nSPS) is 11.9. The first kappa shape index (κ1) is 23.1. The lowest BCUT2D eigenvalue weighted by Gasteiger charge is -2.21. The van der Waals surface area contributed by atoms with E-state index in [0.29, 0.717) is 23.1 Å². The molecule has 0 bridgehead atoms. The number of nitrogens with one attached hydrogen (secondary N) is 2. The van der Waals surface area contributed by atoms with Crippen molar-refractivity contribution < 1.29 is 22.0 Å². The number of rotatable bonds is 9. The van der Waals surface area contributed by atoms with Crippen LogP contribution in [0.2, 0.25) is 0 Å². The monoisotopic (exact) mass is 443 g/mol. The lowest BCUT2D eigenvalue weighted by molar-refractivity contribution is -0.114. The zero-order valence-electron chi connectivity index (χ0n) is 16.2. The number of benzene rings is 2. The summed E-state index contributed by atoms with van der Waals surface area (Å²) in [6.07, 6.45) is 0. The van der Waals surface area contributed by atoms with Gasteiger partial charge >= 0.3 is 0 Å². The molecule has 0 saturated carbocycles. The maximum Gasteiger partial charge on any atom is 0.288 e. The van der Waals surface area contributed by atoms with Crippen molar-refractivity contribution in [3.05, 3.63) is 48.5 Å². The summed E-state index contributed by atoms with van der Waals surface area (Å²) in [6.45, 7) is 3.46. The summed E-state index contributed by atoms with van der Waals surface area (Å²) < 4.78 is 51.4. The topological polar surface area (TPSA) is 78.5 Å². The molecule has 10 heteroatoms. The molecule has 0 aliphatic carbocycles. The molecule has 1 amide bonds. The lowest BCUT2D eigenvalue weighted by atomic mass is 10.3. The Balaban J connectivity index is 1.98. The summed E-state index contributed by atoms with van der Waals surface area (Å²) in [5.41, 5.74) is 0.865. The van der Waals surface area contributed by atoms with Crippen molar-refractivity contribution in [3.8, 4) is 0 Å². The number of para-hydroxylation sites is 1. The third-order valence-electron chi connectivity index (χ3n) is 4.09. The fourth-order valence-corrected chi connectivity index (χ4v) is 4.30. The van der Waals surface area contributed by atoms with E-state index < -0.39 is 21.7 Å². The van der Waals surface area contributed by atoms with E-state index in [-0.39, 0.29) is 22.4 Å². The van der Waals surface area contributed by atoms with Gasteiger partial charge in [0, 0.05) is 23.7 Å². The van der Waals surface area contributed by atoms with Gasteiger partial charge in [0.2, 0.25) is 15.9 Å². The minimum Gasteiger partial charge on any atom is -0.376 e. The summed E-state index contributed by atoms with van der Waals surface area (Å²) in [4.78, 5) is 12.6. The molecule has 2 rings (SSSR count). The number of nitrogens with zero attached hydrogens (tertiary/aromatic N) is 1. The summed E-state index contributed by atoms with van der Waals surface area (Å²) in [5.74, 6) is -3.00. The highest BCUT2D eigenvalue weighted by Crippen LogP contribution is 2.31. The van der Waals surface area contributed by atoms with Crippen molar-refractivity contribution in [1.29, 1.82) is 0 Å². The number of hydrogen-bond donors (Lipinski definition) is 2. The molecule has 0 saturated heterocycles. The van der Waals surface area contributed by atoms with Crippen LogP contribution in [-0.2, 0) is 14.8 Å². The summed E-state index contributed by atoms with van der Waals surface area (Å²) in [5, 5.41) is 5.47. The molecular formula is C19H23F2N3O3S2. The number of sulfonamides is 1. The average Bonchev–Trinajstić information content (AvgIpc) is 2.67. The molecule has 0 aliphatic heterocycles. The van der Waals surface area contributed by atoms with Crippen molar-refractivity contribution >= 4 is 39.1 Å². The second-order valence-corrected chi connectivity index (χ2v) is 9.45. The summed E-state index contributed by atoms with van der Waals surface area (Å²) in [6, 6.07) is 12.2. The smallest absolute Gasteiger partial charge is 0.288 e. The number of amides is 1. The molecule has 6 nitrogen and oxygen atoms in total. The van der Waals surface area contributed by atoms with Crippen LogP contribution in [0, 0.1) is 0 Å². The number of halogens is 2. The average molecular weight is 444 g/mol. The van der Waals surface area contributed by atoms with Crippen LogP contribution in [0.4, 0.5) is 20.2 Å². The highest BCUT2D eigenvalue weighted by molar-refractivity contribution is 7.99. The molecule has 2 aromatic carbocycles. The molecule has 29 heavy (non-hydrogen) atoms. The summed E-state index contributed by atoms with van der Waals surface area (Å²) >= 11 is 0.360. The summed E-state index contributed by atoms with van der Waals surface area (Å²) in [7, 11) is -2.06. The predicted octanol–water partition coefficient (Wildman–Crippen LogP) is 4.08. The number of hydrogen-bond acceptors (Lipinski definition) is 5. The molecule has 158 valence electrons.